The summed E-state index contributed by atoms with van der Waals surface area (Å²) in [4.78, 5) is 114. The largest absolute Gasteiger partial charge is 0.481 e. The van der Waals surface area contributed by atoms with Gasteiger partial charge in [-0.05, 0) is 77.5 Å². The Morgan fingerprint density at radius 1 is 0.500 bits per heavy atom. The molecule has 1 heterocycles. The van der Waals surface area contributed by atoms with Crippen LogP contribution < -0.4 is 31.9 Å². The number of nitrogens with one attached hydrogen (secondary N) is 6. The summed E-state index contributed by atoms with van der Waals surface area (Å²) in [6.45, 7) is -0.103. The molecule has 1 aliphatic rings. The molecule has 0 radical (unpaired) electrons. The maximum absolute atomic E-state index is 14.2. The number of carboxylic acids is 3. The molecule has 0 bridgehead atoms. The van der Waals surface area contributed by atoms with E-state index in [2.05, 4.69) is 31.9 Å². The number of aliphatic hydroxyl groups is 5. The van der Waals surface area contributed by atoms with Crippen molar-refractivity contribution in [2.75, 3.05) is 39.4 Å². The van der Waals surface area contributed by atoms with Gasteiger partial charge in [0, 0.05) is 19.6 Å². The topological polar surface area (TPSA) is 458 Å². The monoisotopic (exact) mass is 1010 g/mol. The molecule has 8 atom stereocenters. The fourth-order valence-corrected chi connectivity index (χ4v) is 6.50. The molecule has 0 saturated carbocycles. The lowest BCUT2D eigenvalue weighted by molar-refractivity contribution is -0.177. The average Bonchev–Trinajstić information content (AvgIpc) is 3.26. The minimum atomic E-state index is -1.83. The number of hydrogen-bond donors (Lipinski definition) is 17. The number of aliphatic hydroxyl groups excluding tert-OH is 5. The molecule has 1 rings (SSSR count). The molecule has 17 N–H and O–H groups in total. The van der Waals surface area contributed by atoms with Crippen LogP contribution in [0.5, 0.6) is 0 Å². The van der Waals surface area contributed by atoms with Gasteiger partial charge >= 0.3 is 17.9 Å². The van der Waals surface area contributed by atoms with E-state index in [4.69, 9.17) is 15.3 Å². The minimum Gasteiger partial charge on any atom is -0.481 e. The van der Waals surface area contributed by atoms with E-state index >= 15 is 0 Å². The highest BCUT2D eigenvalue weighted by Crippen LogP contribution is 2.12. The predicted octanol–water partition coefficient (Wildman–Crippen LogP) is -4.84. The second-order valence-electron chi connectivity index (χ2n) is 16.4. The number of aliphatic carboxylic acids is 3. The molecule has 8 unspecified atom stereocenters. The fourth-order valence-electron chi connectivity index (χ4n) is 6.50. The summed E-state index contributed by atoms with van der Waals surface area (Å²) in [6, 6.07) is -8.55. The molecule has 396 valence electrons. The molecule has 1 aliphatic heterocycles. The Bertz CT molecular complexity index is 1900. The SMILES string of the molecule is CC(=CC(O)N(O)CCCC1NC(=O)CNC(=O)C(CO)NC(=O)C(CO)NC(=O)C(CCCN(O)C(O)C=C(C)CC(=O)O)NC(=O)C(CCCN(O)C(O)C=C(C)CC(=O)O)NC1=O)CC(=O)O. The van der Waals surface area contributed by atoms with Gasteiger partial charge in [0.25, 0.3) is 0 Å². The molecule has 6 amide bonds. The van der Waals surface area contributed by atoms with Gasteiger partial charge < -0.3 is 88.4 Å². The summed E-state index contributed by atoms with van der Waals surface area (Å²) in [6.07, 6.45) is -5.21. The van der Waals surface area contributed by atoms with Crippen LogP contribution in [0.1, 0.15) is 78.6 Å². The van der Waals surface area contributed by atoms with Crippen molar-refractivity contribution >= 4 is 53.4 Å². The van der Waals surface area contributed by atoms with Crippen LogP contribution in [0.3, 0.4) is 0 Å². The van der Waals surface area contributed by atoms with Gasteiger partial charge in [-0.3, -0.25) is 43.2 Å². The molecular weight excluding hydrogens is 938 g/mol. The van der Waals surface area contributed by atoms with E-state index < -0.39 is 174 Å². The van der Waals surface area contributed by atoms with Crippen LogP contribution in [0.25, 0.3) is 0 Å². The van der Waals surface area contributed by atoms with E-state index in [-0.39, 0.29) is 42.4 Å². The zero-order valence-electron chi connectivity index (χ0n) is 38.9. The van der Waals surface area contributed by atoms with Gasteiger partial charge in [0.15, 0.2) is 0 Å². The summed E-state index contributed by atoms with van der Waals surface area (Å²) in [5, 5.41) is 124. The van der Waals surface area contributed by atoms with Crippen molar-refractivity contribution in [1.29, 1.82) is 0 Å². The number of hydroxylamine groups is 6. The van der Waals surface area contributed by atoms with Crippen LogP contribution in [0.15, 0.2) is 34.9 Å². The second-order valence-corrected chi connectivity index (χ2v) is 16.4. The lowest BCUT2D eigenvalue weighted by atomic mass is 10.0. The van der Waals surface area contributed by atoms with Crippen LogP contribution >= 0.6 is 0 Å². The zero-order valence-corrected chi connectivity index (χ0v) is 38.9. The van der Waals surface area contributed by atoms with Gasteiger partial charge in [-0.25, -0.2) is 0 Å². The van der Waals surface area contributed by atoms with Gasteiger partial charge in [-0.2, -0.15) is 15.2 Å². The van der Waals surface area contributed by atoms with E-state index in [0.29, 0.717) is 15.2 Å². The summed E-state index contributed by atoms with van der Waals surface area (Å²) in [5.74, 6) is -10.3. The van der Waals surface area contributed by atoms with Crippen LogP contribution in [0.4, 0.5) is 0 Å². The fraction of sp³-hybridized carbons (Fsp3) is 0.634. The highest BCUT2D eigenvalue weighted by molar-refractivity contribution is 5.97. The van der Waals surface area contributed by atoms with E-state index in [0.717, 1.165) is 18.2 Å². The molecule has 1 fully saturated rings. The molecule has 70 heavy (non-hydrogen) atoms. The third kappa shape index (κ3) is 24.5. The zero-order chi connectivity index (χ0) is 53.2. The van der Waals surface area contributed by atoms with Crippen molar-refractivity contribution in [3.63, 3.8) is 0 Å². The van der Waals surface area contributed by atoms with Crippen molar-refractivity contribution in [3.8, 4) is 0 Å². The van der Waals surface area contributed by atoms with Gasteiger partial charge in [-0.1, -0.05) is 16.7 Å². The Hall–Kier alpha value is -5.99. The smallest absolute Gasteiger partial charge is 0.307 e. The second kappa shape index (κ2) is 32.0. The van der Waals surface area contributed by atoms with Crippen molar-refractivity contribution in [3.05, 3.63) is 34.9 Å². The van der Waals surface area contributed by atoms with E-state index in [1.54, 1.807) is 0 Å². The Morgan fingerprint density at radius 3 is 1.07 bits per heavy atom. The molecule has 0 spiro atoms. The minimum absolute atomic E-state index is 0.174. The van der Waals surface area contributed by atoms with E-state index in [9.17, 15) is 84.3 Å². The maximum Gasteiger partial charge on any atom is 0.307 e. The number of carbonyl (C=O) groups is 9. The van der Waals surface area contributed by atoms with Crippen LogP contribution in [-0.4, -0.2) is 213 Å². The molecule has 0 aromatic heterocycles. The standard InChI is InChI=1S/C41H67N9O20/c1-22(16-34(57)58)13-31(54)48(68)10-4-7-25-38(64)44-26(8-5-11-49(69)32(55)14-23(2)17-35(59)60)39(65)45-27(9-6-12-50(70)33(56)15-24(3)18-36(61)62)40(66)47-29(21-52)41(67)46-28(20-51)37(63)42-19-30(53)43-25/h13-15,25-29,31-33,51-52,54-56,68-70H,4-12,16-21H2,1-3H3,(H,42,63)(H,43,53)(H,44,64)(H,45,65)(H,46,67)(H,47,66)(H,57,58)(H,59,60)(H,61,62). The number of amides is 6. The first-order valence-electron chi connectivity index (χ1n) is 21.9. The molecule has 29 heteroatoms. The first-order chi connectivity index (χ1) is 32.8. The number of rotatable bonds is 26. The van der Waals surface area contributed by atoms with Gasteiger partial charge in [0.2, 0.25) is 35.4 Å². The van der Waals surface area contributed by atoms with Crippen molar-refractivity contribution in [1.82, 2.24) is 47.1 Å². The maximum atomic E-state index is 14.2. The normalized spacial score (nSPS) is 22.2. The number of hydrogen-bond acceptors (Lipinski definition) is 20. The average molecular weight is 1010 g/mol. The Morgan fingerprint density at radius 2 is 0.771 bits per heavy atom. The summed E-state index contributed by atoms with van der Waals surface area (Å²) in [5.41, 5.74) is 0.536. The van der Waals surface area contributed by atoms with Gasteiger partial charge in [-0.15, -0.1) is 0 Å². The van der Waals surface area contributed by atoms with E-state index in [1.165, 1.54) is 20.8 Å². The van der Waals surface area contributed by atoms with Crippen LogP contribution in [-0.2, 0) is 43.2 Å². The number of nitrogens with zero attached hydrogens (tertiary/aromatic N) is 3. The number of carboxylic acid groups (broad SMARTS) is 3. The molecule has 1 saturated heterocycles. The highest BCUT2D eigenvalue weighted by Gasteiger charge is 2.33. The predicted molar refractivity (Wildman–Crippen MR) is 236 cm³/mol. The molecule has 0 aliphatic carbocycles. The quantitative estimate of drug-likeness (QED) is 0.0219. The Balaban J connectivity index is 3.71. The lowest BCUT2D eigenvalue weighted by Crippen LogP contribution is -2.61. The molecule has 0 aromatic carbocycles. The third-order valence-corrected chi connectivity index (χ3v) is 10.1. The summed E-state index contributed by atoms with van der Waals surface area (Å²) >= 11 is 0. The van der Waals surface area contributed by atoms with Crippen molar-refractivity contribution < 1.29 is 99.6 Å². The lowest BCUT2D eigenvalue weighted by Gasteiger charge is -2.28. The number of carbonyl (C=O) groups excluding carboxylic acids is 6. The van der Waals surface area contributed by atoms with Gasteiger partial charge in [0.1, 0.15) is 48.9 Å². The third-order valence-electron chi connectivity index (χ3n) is 10.1. The van der Waals surface area contributed by atoms with E-state index in [1.807, 2.05) is 0 Å². The Kier molecular flexibility index (Phi) is 28.4. The van der Waals surface area contributed by atoms with Crippen molar-refractivity contribution in [2.24, 2.45) is 0 Å². The first-order valence-corrected chi connectivity index (χ1v) is 21.9. The molecule has 0 aromatic rings. The summed E-state index contributed by atoms with van der Waals surface area (Å²) < 4.78 is 0. The van der Waals surface area contributed by atoms with Crippen molar-refractivity contribution in [2.45, 2.75) is 127 Å². The highest BCUT2D eigenvalue weighted by atomic mass is 16.5. The first kappa shape index (κ1) is 62.0. The van der Waals surface area contributed by atoms with Crippen LogP contribution in [0.2, 0.25) is 0 Å². The van der Waals surface area contributed by atoms with Gasteiger partial charge in [0.05, 0.1) is 39.0 Å². The molecule has 29 nitrogen and oxygen atoms in total. The molecular formula is C41H67N9O20. The summed E-state index contributed by atoms with van der Waals surface area (Å²) in [7, 11) is 0. The Labute approximate surface area is 401 Å². The van der Waals surface area contributed by atoms with Crippen LogP contribution in [0, 0.1) is 0 Å².